The van der Waals surface area contributed by atoms with E-state index in [0.29, 0.717) is 6.54 Å². The van der Waals surface area contributed by atoms with E-state index in [1.54, 1.807) is 18.9 Å². The Bertz CT molecular complexity index is 933. The number of fused-ring (bicyclic) bond motifs is 3. The second-order valence-corrected chi connectivity index (χ2v) is 7.39. The average molecular weight is 366 g/mol. The number of rotatable bonds is 4. The fraction of sp³-hybridized carbons (Fsp3) is 0.286. The lowest BCUT2D eigenvalue weighted by molar-refractivity contribution is -0.137. The van der Waals surface area contributed by atoms with Crippen molar-refractivity contribution in [2.24, 2.45) is 0 Å². The van der Waals surface area contributed by atoms with Crippen LogP contribution in [-0.4, -0.2) is 42.3 Å². The Morgan fingerprint density at radius 3 is 2.73 bits per heavy atom. The number of para-hydroxylation sites is 1. The number of aromatic amines is 1. The van der Waals surface area contributed by atoms with Crippen LogP contribution < -0.4 is 0 Å². The Morgan fingerprint density at radius 1 is 1.23 bits per heavy atom. The van der Waals surface area contributed by atoms with Crippen molar-refractivity contribution in [1.82, 2.24) is 9.88 Å². The van der Waals surface area contributed by atoms with Crippen LogP contribution in [-0.2, 0) is 16.0 Å². The Kier molecular flexibility index (Phi) is 4.74. The van der Waals surface area contributed by atoms with E-state index in [-0.39, 0.29) is 18.6 Å². The first-order valence-electron chi connectivity index (χ1n) is 8.74. The van der Waals surface area contributed by atoms with Crippen LogP contribution in [0.5, 0.6) is 0 Å². The number of methoxy groups -OCH3 is 1. The van der Waals surface area contributed by atoms with Crippen molar-refractivity contribution >= 4 is 28.6 Å². The molecule has 0 fully saturated rings. The third-order valence-corrected chi connectivity index (χ3v) is 5.80. The van der Waals surface area contributed by atoms with Crippen LogP contribution in [0, 0.1) is 0 Å². The van der Waals surface area contributed by atoms with Crippen molar-refractivity contribution < 1.29 is 9.53 Å². The molecule has 1 aromatic heterocycles. The number of ether oxygens (including phenoxy) is 1. The second kappa shape index (κ2) is 7.17. The van der Waals surface area contributed by atoms with Crippen molar-refractivity contribution in [3.05, 3.63) is 65.4 Å². The van der Waals surface area contributed by atoms with Gasteiger partial charge >= 0.3 is 0 Å². The zero-order valence-electron chi connectivity index (χ0n) is 15.0. The molecule has 4 rings (SSSR count). The number of H-pyrrole nitrogens is 1. The maximum absolute atomic E-state index is 12.7. The molecule has 1 atom stereocenters. The fourth-order valence-electron chi connectivity index (χ4n) is 3.85. The van der Waals surface area contributed by atoms with E-state index in [2.05, 4.69) is 53.7 Å². The summed E-state index contributed by atoms with van der Waals surface area (Å²) in [6, 6.07) is 16.8. The molecule has 0 radical (unpaired) electrons. The Morgan fingerprint density at radius 2 is 2.00 bits per heavy atom. The Hall–Kier alpha value is -2.24. The first kappa shape index (κ1) is 17.2. The van der Waals surface area contributed by atoms with Crippen molar-refractivity contribution in [1.29, 1.82) is 0 Å². The Labute approximate surface area is 157 Å². The number of carbonyl (C=O) groups excluding carboxylic acids is 1. The quantitative estimate of drug-likeness (QED) is 0.710. The van der Waals surface area contributed by atoms with E-state index in [0.717, 1.165) is 23.2 Å². The third kappa shape index (κ3) is 2.91. The highest BCUT2D eigenvalue weighted by Gasteiger charge is 2.34. The van der Waals surface area contributed by atoms with Gasteiger partial charge in [-0.1, -0.05) is 30.3 Å². The topological polar surface area (TPSA) is 45.3 Å². The lowest BCUT2D eigenvalue weighted by Gasteiger charge is -2.36. The summed E-state index contributed by atoms with van der Waals surface area (Å²) >= 11 is 1.72. The van der Waals surface area contributed by atoms with Crippen LogP contribution in [0.3, 0.4) is 0 Å². The van der Waals surface area contributed by atoms with Crippen molar-refractivity contribution in [2.45, 2.75) is 17.4 Å². The normalized spacial score (nSPS) is 16.7. The molecule has 26 heavy (non-hydrogen) atoms. The molecule has 0 unspecified atom stereocenters. The summed E-state index contributed by atoms with van der Waals surface area (Å²) in [5.74, 6) is 0.0238. The molecule has 0 saturated carbocycles. The molecular weight excluding hydrogens is 344 g/mol. The number of carbonyl (C=O) groups is 1. The predicted octanol–water partition coefficient (Wildman–Crippen LogP) is 4.01. The van der Waals surface area contributed by atoms with Crippen LogP contribution in [0.1, 0.15) is 22.9 Å². The highest BCUT2D eigenvalue weighted by Crippen LogP contribution is 2.38. The van der Waals surface area contributed by atoms with Gasteiger partial charge in [-0.2, -0.15) is 0 Å². The first-order valence-corrected chi connectivity index (χ1v) is 9.97. The number of nitrogens with zero attached hydrogens (tertiary/aromatic N) is 1. The lowest BCUT2D eigenvalue weighted by Crippen LogP contribution is -2.42. The molecule has 1 aliphatic heterocycles. The largest absolute Gasteiger partial charge is 0.375 e. The van der Waals surface area contributed by atoms with Crippen molar-refractivity contribution in [3.63, 3.8) is 0 Å². The summed E-state index contributed by atoms with van der Waals surface area (Å²) in [6.07, 6.45) is 2.92. The van der Waals surface area contributed by atoms with Gasteiger partial charge in [-0.15, -0.1) is 11.8 Å². The highest BCUT2D eigenvalue weighted by atomic mass is 32.2. The van der Waals surface area contributed by atoms with Gasteiger partial charge in [0.1, 0.15) is 6.61 Å². The van der Waals surface area contributed by atoms with E-state index in [1.165, 1.54) is 15.8 Å². The summed E-state index contributed by atoms with van der Waals surface area (Å²) in [7, 11) is 1.57. The van der Waals surface area contributed by atoms with Crippen LogP contribution >= 0.6 is 11.8 Å². The van der Waals surface area contributed by atoms with Gasteiger partial charge in [-0.25, -0.2) is 0 Å². The van der Waals surface area contributed by atoms with E-state index in [4.69, 9.17) is 4.74 Å². The van der Waals surface area contributed by atoms with Crippen LogP contribution in [0.25, 0.3) is 10.9 Å². The maximum Gasteiger partial charge on any atom is 0.249 e. The zero-order chi connectivity index (χ0) is 18.1. The van der Waals surface area contributed by atoms with Crippen molar-refractivity contribution in [2.75, 3.05) is 26.5 Å². The molecule has 4 nitrogen and oxygen atoms in total. The summed E-state index contributed by atoms with van der Waals surface area (Å²) in [5, 5.41) is 1.26. The second-order valence-electron chi connectivity index (χ2n) is 6.51. The molecule has 0 saturated heterocycles. The molecule has 0 bridgehead atoms. The Balaban J connectivity index is 1.84. The van der Waals surface area contributed by atoms with Gasteiger partial charge in [0.2, 0.25) is 5.91 Å². The molecule has 5 heteroatoms. The summed E-state index contributed by atoms with van der Waals surface area (Å²) in [5.41, 5.74) is 4.70. The molecule has 1 aliphatic rings. The number of aromatic nitrogens is 1. The SMILES string of the molecule is COCC(=O)N1CCc2c([nH]c3ccccc23)[C@H]1c1ccc(SC)cc1. The van der Waals surface area contributed by atoms with Gasteiger partial charge in [0.15, 0.2) is 0 Å². The van der Waals surface area contributed by atoms with Gasteiger partial charge in [0.25, 0.3) is 0 Å². The van der Waals surface area contributed by atoms with Gasteiger partial charge in [0.05, 0.1) is 6.04 Å². The number of thioether (sulfide) groups is 1. The fourth-order valence-corrected chi connectivity index (χ4v) is 4.26. The lowest BCUT2D eigenvalue weighted by atomic mass is 9.92. The molecule has 0 aliphatic carbocycles. The summed E-state index contributed by atoms with van der Waals surface area (Å²) in [4.78, 5) is 19.5. The zero-order valence-corrected chi connectivity index (χ0v) is 15.8. The molecule has 134 valence electrons. The molecule has 1 N–H and O–H groups in total. The van der Waals surface area contributed by atoms with Crippen LogP contribution in [0.2, 0.25) is 0 Å². The van der Waals surface area contributed by atoms with Crippen LogP contribution in [0.15, 0.2) is 53.4 Å². The van der Waals surface area contributed by atoms with Gasteiger partial charge in [-0.3, -0.25) is 4.79 Å². The summed E-state index contributed by atoms with van der Waals surface area (Å²) < 4.78 is 5.12. The monoisotopic (exact) mass is 366 g/mol. The molecule has 3 aromatic rings. The standard InChI is InChI=1S/C21H22N2O2S/c1-25-13-19(24)23-12-11-17-16-5-3-4-6-18(16)22-20(17)21(23)14-7-9-15(26-2)10-8-14/h3-10,21-22H,11-13H2,1-2H3/t21-/m1/s1. The smallest absolute Gasteiger partial charge is 0.249 e. The minimum atomic E-state index is -0.107. The molecule has 2 aromatic carbocycles. The first-order chi connectivity index (χ1) is 12.7. The van der Waals surface area contributed by atoms with Gasteiger partial charge in [-0.05, 0) is 42.0 Å². The van der Waals surface area contributed by atoms with E-state index >= 15 is 0 Å². The predicted molar refractivity (Wildman–Crippen MR) is 106 cm³/mol. The van der Waals surface area contributed by atoms with Crippen molar-refractivity contribution in [3.8, 4) is 0 Å². The molecule has 0 spiro atoms. The third-order valence-electron chi connectivity index (χ3n) is 5.05. The molecule has 2 heterocycles. The van der Waals surface area contributed by atoms with Gasteiger partial charge < -0.3 is 14.6 Å². The van der Waals surface area contributed by atoms with E-state index in [9.17, 15) is 4.79 Å². The maximum atomic E-state index is 12.7. The number of benzene rings is 2. The average Bonchev–Trinajstić information content (AvgIpc) is 3.06. The summed E-state index contributed by atoms with van der Waals surface area (Å²) in [6.45, 7) is 0.806. The number of amides is 1. The number of hydrogen-bond acceptors (Lipinski definition) is 3. The number of nitrogens with one attached hydrogen (secondary N) is 1. The molecule has 1 amide bonds. The number of hydrogen-bond donors (Lipinski definition) is 1. The minimum absolute atomic E-state index is 0.0238. The van der Waals surface area contributed by atoms with Crippen LogP contribution in [0.4, 0.5) is 0 Å². The van der Waals surface area contributed by atoms with E-state index in [1.807, 2.05) is 11.0 Å². The highest BCUT2D eigenvalue weighted by molar-refractivity contribution is 7.98. The van der Waals surface area contributed by atoms with E-state index < -0.39 is 0 Å². The minimum Gasteiger partial charge on any atom is -0.375 e. The van der Waals surface area contributed by atoms with Gasteiger partial charge in [0, 0.05) is 35.1 Å². The molecular formula is C21H22N2O2S.